The second-order valence-electron chi connectivity index (χ2n) is 4.55. The van der Waals surface area contributed by atoms with Crippen molar-refractivity contribution in [3.63, 3.8) is 0 Å². The Morgan fingerprint density at radius 3 is 2.56 bits per heavy atom. The van der Waals surface area contributed by atoms with Crippen LogP contribution < -0.4 is 4.74 Å². The fraction of sp³-hybridized carbons (Fsp3) is 0.429. The third-order valence-corrected chi connectivity index (χ3v) is 3.42. The largest absolute Gasteiger partial charge is 0.489 e. The summed E-state index contributed by atoms with van der Waals surface area (Å²) in [6, 6.07) is 4.71. The number of halogens is 1. The van der Waals surface area contributed by atoms with Crippen LogP contribution in [-0.4, -0.2) is 17.7 Å². The second kappa shape index (κ2) is 5.53. The Bertz CT molecular complexity index is 476. The lowest BCUT2D eigenvalue weighted by molar-refractivity contribution is -0.113. The summed E-state index contributed by atoms with van der Waals surface area (Å²) < 4.78 is 5.78. The predicted octanol–water partition coefficient (Wildman–Crippen LogP) is 3.43. The van der Waals surface area contributed by atoms with E-state index in [-0.39, 0.29) is 6.10 Å². The Morgan fingerprint density at radius 1 is 1.28 bits per heavy atom. The van der Waals surface area contributed by atoms with Crippen LogP contribution in [-0.2, 0) is 4.79 Å². The van der Waals surface area contributed by atoms with Gasteiger partial charge in [0.05, 0.1) is 11.1 Å². The van der Waals surface area contributed by atoms with Crippen molar-refractivity contribution >= 4 is 23.2 Å². The van der Waals surface area contributed by atoms with Gasteiger partial charge in [0, 0.05) is 12.5 Å². The maximum atomic E-state index is 11.6. The number of rotatable bonds is 4. The maximum Gasteiger partial charge on any atom is 0.228 e. The van der Waals surface area contributed by atoms with E-state index in [0.717, 1.165) is 25.7 Å². The molecule has 0 N–H and O–H groups in total. The van der Waals surface area contributed by atoms with Crippen LogP contribution >= 0.6 is 11.6 Å². The quantitative estimate of drug-likeness (QED) is 0.619. The number of benzene rings is 1. The first-order valence-electron chi connectivity index (χ1n) is 6.09. The highest BCUT2D eigenvalue weighted by Gasteiger charge is 2.19. The molecule has 0 amide bonds. The molecule has 1 aliphatic rings. The normalized spacial score (nSPS) is 15.7. The molecule has 1 aliphatic carbocycles. The highest BCUT2D eigenvalue weighted by Crippen LogP contribution is 2.30. The summed E-state index contributed by atoms with van der Waals surface area (Å²) in [7, 11) is 0. The lowest BCUT2D eigenvalue weighted by atomic mass is 10.1. The van der Waals surface area contributed by atoms with Crippen LogP contribution in [0.15, 0.2) is 18.2 Å². The van der Waals surface area contributed by atoms with Gasteiger partial charge < -0.3 is 4.74 Å². The first-order valence-corrected chi connectivity index (χ1v) is 6.47. The van der Waals surface area contributed by atoms with Crippen LogP contribution in [0.4, 0.5) is 0 Å². The van der Waals surface area contributed by atoms with E-state index < -0.39 is 11.6 Å². The van der Waals surface area contributed by atoms with Crippen molar-refractivity contribution in [1.82, 2.24) is 0 Å². The van der Waals surface area contributed by atoms with E-state index in [1.54, 1.807) is 18.2 Å². The van der Waals surface area contributed by atoms with Gasteiger partial charge >= 0.3 is 0 Å². The first-order chi connectivity index (χ1) is 8.58. The number of hydrogen-bond acceptors (Lipinski definition) is 3. The third kappa shape index (κ3) is 2.91. The molecule has 1 aromatic carbocycles. The van der Waals surface area contributed by atoms with Gasteiger partial charge in [0.1, 0.15) is 5.75 Å². The van der Waals surface area contributed by atoms with E-state index in [9.17, 15) is 9.59 Å². The van der Waals surface area contributed by atoms with Crippen LogP contribution in [0.2, 0.25) is 5.02 Å². The van der Waals surface area contributed by atoms with Gasteiger partial charge in [-0.15, -0.1) is 0 Å². The SMILES string of the molecule is CC(=O)C(=O)c1ccc(Cl)c(OC2CCCC2)c1. The summed E-state index contributed by atoms with van der Waals surface area (Å²) in [4.78, 5) is 22.7. The summed E-state index contributed by atoms with van der Waals surface area (Å²) in [5, 5.41) is 0.474. The third-order valence-electron chi connectivity index (χ3n) is 3.11. The van der Waals surface area contributed by atoms with Crippen LogP contribution in [0.1, 0.15) is 43.0 Å². The zero-order valence-electron chi connectivity index (χ0n) is 10.2. The fourth-order valence-electron chi connectivity index (χ4n) is 2.12. The van der Waals surface area contributed by atoms with Crippen molar-refractivity contribution in [3.05, 3.63) is 28.8 Å². The van der Waals surface area contributed by atoms with E-state index in [1.165, 1.54) is 6.92 Å². The molecule has 0 unspecified atom stereocenters. The number of Topliss-reactive ketones (excluding diaryl/α,β-unsaturated/α-hetero) is 2. The average Bonchev–Trinajstić information content (AvgIpc) is 2.84. The van der Waals surface area contributed by atoms with Gasteiger partial charge in [-0.2, -0.15) is 0 Å². The molecule has 96 valence electrons. The Balaban J connectivity index is 2.20. The van der Waals surface area contributed by atoms with Crippen molar-refractivity contribution < 1.29 is 14.3 Å². The molecule has 1 fully saturated rings. The number of hydrogen-bond donors (Lipinski definition) is 0. The Labute approximate surface area is 111 Å². The predicted molar refractivity (Wildman–Crippen MR) is 69.3 cm³/mol. The van der Waals surface area contributed by atoms with Gasteiger partial charge in [-0.3, -0.25) is 9.59 Å². The van der Waals surface area contributed by atoms with Crippen LogP contribution in [0.3, 0.4) is 0 Å². The van der Waals surface area contributed by atoms with Gasteiger partial charge in [-0.05, 0) is 43.9 Å². The zero-order chi connectivity index (χ0) is 13.1. The molecule has 0 atom stereocenters. The molecule has 1 aromatic rings. The standard InChI is InChI=1S/C14H15ClO3/c1-9(16)14(17)10-6-7-12(15)13(8-10)18-11-4-2-3-5-11/h6-8,11H,2-5H2,1H3. The minimum Gasteiger partial charge on any atom is -0.489 e. The lowest BCUT2D eigenvalue weighted by Gasteiger charge is -2.14. The smallest absolute Gasteiger partial charge is 0.228 e. The molecular formula is C14H15ClO3. The Morgan fingerprint density at radius 2 is 1.94 bits per heavy atom. The van der Waals surface area contributed by atoms with Crippen LogP contribution in [0.5, 0.6) is 5.75 Å². The van der Waals surface area contributed by atoms with Crippen molar-refractivity contribution in [3.8, 4) is 5.75 Å². The van der Waals surface area contributed by atoms with Crippen LogP contribution in [0, 0.1) is 0 Å². The topological polar surface area (TPSA) is 43.4 Å². The van der Waals surface area contributed by atoms with Crippen molar-refractivity contribution in [2.75, 3.05) is 0 Å². The molecule has 0 aromatic heterocycles. The van der Waals surface area contributed by atoms with E-state index in [0.29, 0.717) is 16.3 Å². The molecule has 18 heavy (non-hydrogen) atoms. The van der Waals surface area contributed by atoms with Crippen molar-refractivity contribution in [2.45, 2.75) is 38.7 Å². The van der Waals surface area contributed by atoms with Gasteiger partial charge in [0.2, 0.25) is 5.78 Å². The summed E-state index contributed by atoms with van der Waals surface area (Å²) in [6.45, 7) is 1.26. The summed E-state index contributed by atoms with van der Waals surface area (Å²) >= 11 is 6.04. The molecule has 2 rings (SSSR count). The van der Waals surface area contributed by atoms with Crippen molar-refractivity contribution in [1.29, 1.82) is 0 Å². The monoisotopic (exact) mass is 266 g/mol. The number of ether oxygens (including phenoxy) is 1. The second-order valence-corrected chi connectivity index (χ2v) is 4.96. The number of carbonyl (C=O) groups is 2. The van der Waals surface area contributed by atoms with Gasteiger partial charge in [0.25, 0.3) is 0 Å². The molecule has 0 bridgehead atoms. The van der Waals surface area contributed by atoms with Gasteiger partial charge in [-0.1, -0.05) is 11.6 Å². The highest BCUT2D eigenvalue weighted by molar-refractivity contribution is 6.43. The first kappa shape index (κ1) is 13.1. The Hall–Kier alpha value is -1.35. The molecule has 4 heteroatoms. The minimum atomic E-state index is -0.511. The molecular weight excluding hydrogens is 252 g/mol. The summed E-state index contributed by atoms with van der Waals surface area (Å²) in [5.41, 5.74) is 0.333. The van der Waals surface area contributed by atoms with E-state index in [4.69, 9.17) is 16.3 Å². The molecule has 0 heterocycles. The molecule has 0 radical (unpaired) electrons. The van der Waals surface area contributed by atoms with E-state index in [2.05, 4.69) is 0 Å². The fourth-order valence-corrected chi connectivity index (χ4v) is 2.29. The Kier molecular flexibility index (Phi) is 4.02. The van der Waals surface area contributed by atoms with Gasteiger partial charge in [-0.25, -0.2) is 0 Å². The zero-order valence-corrected chi connectivity index (χ0v) is 11.0. The van der Waals surface area contributed by atoms with Crippen molar-refractivity contribution in [2.24, 2.45) is 0 Å². The lowest BCUT2D eigenvalue weighted by Crippen LogP contribution is -2.13. The number of carbonyl (C=O) groups excluding carboxylic acids is 2. The average molecular weight is 267 g/mol. The molecule has 3 nitrogen and oxygen atoms in total. The van der Waals surface area contributed by atoms with E-state index >= 15 is 0 Å². The van der Waals surface area contributed by atoms with Crippen LogP contribution in [0.25, 0.3) is 0 Å². The minimum absolute atomic E-state index is 0.171. The van der Waals surface area contributed by atoms with E-state index in [1.807, 2.05) is 0 Å². The molecule has 1 saturated carbocycles. The number of ketones is 2. The van der Waals surface area contributed by atoms with Gasteiger partial charge in [0.15, 0.2) is 5.78 Å². The molecule has 0 spiro atoms. The summed E-state index contributed by atoms with van der Waals surface area (Å²) in [5.74, 6) is -0.497. The summed E-state index contributed by atoms with van der Waals surface area (Å²) in [6.07, 6.45) is 4.52. The maximum absolute atomic E-state index is 11.6. The molecule has 0 aliphatic heterocycles. The highest BCUT2D eigenvalue weighted by atomic mass is 35.5. The molecule has 0 saturated heterocycles.